The lowest BCUT2D eigenvalue weighted by Gasteiger charge is -2.10. The quantitative estimate of drug-likeness (QED) is 0.731. The van der Waals surface area contributed by atoms with Crippen LogP contribution < -0.4 is 5.32 Å². The smallest absolute Gasteiger partial charge is 0.340 e. The summed E-state index contributed by atoms with van der Waals surface area (Å²) in [5, 5.41) is 3.15. The van der Waals surface area contributed by atoms with Gasteiger partial charge >= 0.3 is 5.97 Å². The first-order valence-corrected chi connectivity index (χ1v) is 5.10. The van der Waals surface area contributed by atoms with E-state index in [9.17, 15) is 4.79 Å². The summed E-state index contributed by atoms with van der Waals surface area (Å²) in [7, 11) is 0. The van der Waals surface area contributed by atoms with Crippen molar-refractivity contribution in [1.82, 2.24) is 10.3 Å². The number of nitrogens with one attached hydrogen (secondary N) is 1. The summed E-state index contributed by atoms with van der Waals surface area (Å²) < 4.78 is 5.30. The fraction of sp³-hybridized carbons (Fsp3) is 0.455. The van der Waals surface area contributed by atoms with Gasteiger partial charge in [-0.1, -0.05) is 0 Å². The second kappa shape index (κ2) is 4.40. The molecule has 1 aliphatic rings. The Morgan fingerprint density at radius 2 is 2.47 bits per heavy atom. The molecule has 15 heavy (non-hydrogen) atoms. The number of carbonyl (C=O) groups excluding carboxylic acids is 1. The number of rotatable bonds is 2. The third-order valence-electron chi connectivity index (χ3n) is 2.44. The Kier molecular flexibility index (Phi) is 2.97. The molecule has 0 aliphatic carbocycles. The first-order chi connectivity index (χ1) is 7.25. The normalized spacial score (nSPS) is 20.2. The predicted molar refractivity (Wildman–Crippen MR) is 55.7 cm³/mol. The van der Waals surface area contributed by atoms with E-state index in [2.05, 4.69) is 10.3 Å². The molecule has 2 rings (SSSR count). The van der Waals surface area contributed by atoms with Crippen molar-refractivity contribution in [2.45, 2.75) is 19.4 Å². The van der Waals surface area contributed by atoms with Crippen LogP contribution in [0.2, 0.25) is 0 Å². The second-order valence-electron chi connectivity index (χ2n) is 3.71. The molecule has 0 amide bonds. The third kappa shape index (κ3) is 2.53. The molecule has 1 atom stereocenters. The van der Waals surface area contributed by atoms with Crippen molar-refractivity contribution >= 4 is 5.97 Å². The van der Waals surface area contributed by atoms with Gasteiger partial charge in [0.15, 0.2) is 0 Å². The maximum absolute atomic E-state index is 11.6. The fourth-order valence-corrected chi connectivity index (χ4v) is 1.54. The number of ether oxygens (including phenoxy) is 1. The lowest BCUT2D eigenvalue weighted by Crippen LogP contribution is -2.20. The van der Waals surface area contributed by atoms with E-state index in [4.69, 9.17) is 4.74 Å². The average Bonchev–Trinajstić information content (AvgIpc) is 2.71. The topological polar surface area (TPSA) is 51.2 Å². The van der Waals surface area contributed by atoms with E-state index < -0.39 is 0 Å². The number of aromatic nitrogens is 1. The molecule has 0 unspecified atom stereocenters. The van der Waals surface area contributed by atoms with Crippen LogP contribution in [0.5, 0.6) is 0 Å². The fourth-order valence-electron chi connectivity index (χ4n) is 1.54. The summed E-state index contributed by atoms with van der Waals surface area (Å²) in [4.78, 5) is 15.7. The van der Waals surface area contributed by atoms with Crippen molar-refractivity contribution in [2.24, 2.45) is 0 Å². The van der Waals surface area contributed by atoms with Crippen LogP contribution in [-0.2, 0) is 4.74 Å². The Morgan fingerprint density at radius 3 is 3.07 bits per heavy atom. The number of carbonyl (C=O) groups is 1. The van der Waals surface area contributed by atoms with Gasteiger partial charge in [-0.2, -0.15) is 0 Å². The van der Waals surface area contributed by atoms with Crippen LogP contribution in [-0.4, -0.2) is 30.1 Å². The number of esters is 1. The summed E-state index contributed by atoms with van der Waals surface area (Å²) in [6.45, 7) is 3.56. The highest BCUT2D eigenvalue weighted by Gasteiger charge is 2.19. The van der Waals surface area contributed by atoms with E-state index in [-0.39, 0.29) is 12.1 Å². The van der Waals surface area contributed by atoms with Crippen molar-refractivity contribution in [3.8, 4) is 0 Å². The van der Waals surface area contributed by atoms with E-state index in [1.807, 2.05) is 13.0 Å². The number of nitrogens with zero attached hydrogens (tertiary/aromatic N) is 1. The first kappa shape index (κ1) is 10.1. The van der Waals surface area contributed by atoms with Crippen LogP contribution in [0.4, 0.5) is 0 Å². The highest BCUT2D eigenvalue weighted by Crippen LogP contribution is 2.08. The number of aryl methyl sites for hydroxylation is 1. The van der Waals surface area contributed by atoms with Gasteiger partial charge in [-0.05, 0) is 32.0 Å². The summed E-state index contributed by atoms with van der Waals surface area (Å²) in [6, 6.07) is 3.55. The molecule has 4 nitrogen and oxygen atoms in total. The first-order valence-electron chi connectivity index (χ1n) is 5.10. The van der Waals surface area contributed by atoms with Gasteiger partial charge in [0.25, 0.3) is 0 Å². The molecule has 2 heterocycles. The molecule has 1 N–H and O–H groups in total. The van der Waals surface area contributed by atoms with E-state index in [1.54, 1.807) is 12.3 Å². The SMILES string of the molecule is Cc1ccc(C(=O)O[C@H]2CCNC2)cn1. The monoisotopic (exact) mass is 206 g/mol. The molecule has 80 valence electrons. The van der Waals surface area contributed by atoms with Crippen molar-refractivity contribution in [3.05, 3.63) is 29.6 Å². The predicted octanol–water partition coefficient (Wildman–Crippen LogP) is 0.909. The minimum atomic E-state index is -0.281. The standard InChI is InChI=1S/C11H14N2O2/c1-8-2-3-9(6-13-8)11(14)15-10-4-5-12-7-10/h2-3,6,10,12H,4-5,7H2,1H3/t10-/m0/s1. The molecule has 1 fully saturated rings. The lowest BCUT2D eigenvalue weighted by molar-refractivity contribution is 0.0344. The Bertz CT molecular complexity index is 342. The number of hydrogen-bond acceptors (Lipinski definition) is 4. The van der Waals surface area contributed by atoms with Crippen LogP contribution in [0.1, 0.15) is 22.5 Å². The Morgan fingerprint density at radius 1 is 1.60 bits per heavy atom. The largest absolute Gasteiger partial charge is 0.457 e. The summed E-state index contributed by atoms with van der Waals surface area (Å²) >= 11 is 0. The maximum atomic E-state index is 11.6. The molecule has 0 spiro atoms. The van der Waals surface area contributed by atoms with E-state index in [0.29, 0.717) is 5.56 Å². The van der Waals surface area contributed by atoms with Gasteiger partial charge in [0, 0.05) is 18.4 Å². The highest BCUT2D eigenvalue weighted by atomic mass is 16.5. The van der Waals surface area contributed by atoms with E-state index >= 15 is 0 Å². The van der Waals surface area contributed by atoms with Crippen molar-refractivity contribution in [1.29, 1.82) is 0 Å². The molecule has 1 aromatic rings. The zero-order valence-electron chi connectivity index (χ0n) is 8.69. The van der Waals surface area contributed by atoms with Crippen LogP contribution in [0.15, 0.2) is 18.3 Å². The van der Waals surface area contributed by atoms with Crippen LogP contribution in [0, 0.1) is 6.92 Å². The summed E-state index contributed by atoms with van der Waals surface area (Å²) in [5.41, 5.74) is 1.42. The van der Waals surface area contributed by atoms with Crippen LogP contribution >= 0.6 is 0 Å². The molecular formula is C11H14N2O2. The lowest BCUT2D eigenvalue weighted by atomic mass is 10.2. The van der Waals surface area contributed by atoms with Crippen molar-refractivity contribution < 1.29 is 9.53 Å². The van der Waals surface area contributed by atoms with Gasteiger partial charge in [0.1, 0.15) is 6.10 Å². The Labute approximate surface area is 88.7 Å². The Hall–Kier alpha value is -1.42. The van der Waals surface area contributed by atoms with Gasteiger partial charge in [-0.15, -0.1) is 0 Å². The third-order valence-corrected chi connectivity index (χ3v) is 2.44. The molecule has 1 saturated heterocycles. The molecular weight excluding hydrogens is 192 g/mol. The summed E-state index contributed by atoms with van der Waals surface area (Å²) in [6.07, 6.45) is 2.46. The molecule has 0 saturated carbocycles. The number of hydrogen-bond donors (Lipinski definition) is 1. The van der Waals surface area contributed by atoms with Gasteiger partial charge in [-0.3, -0.25) is 4.98 Å². The van der Waals surface area contributed by atoms with E-state index in [0.717, 1.165) is 25.2 Å². The molecule has 1 aliphatic heterocycles. The molecule has 0 bridgehead atoms. The zero-order valence-corrected chi connectivity index (χ0v) is 8.69. The molecule has 1 aromatic heterocycles. The van der Waals surface area contributed by atoms with Gasteiger partial charge in [0.05, 0.1) is 5.56 Å². The van der Waals surface area contributed by atoms with Gasteiger partial charge in [0.2, 0.25) is 0 Å². The minimum absolute atomic E-state index is 0.0128. The zero-order chi connectivity index (χ0) is 10.7. The van der Waals surface area contributed by atoms with Crippen molar-refractivity contribution in [2.75, 3.05) is 13.1 Å². The van der Waals surface area contributed by atoms with Gasteiger partial charge in [-0.25, -0.2) is 4.79 Å². The second-order valence-corrected chi connectivity index (χ2v) is 3.71. The highest BCUT2D eigenvalue weighted by molar-refractivity contribution is 5.89. The van der Waals surface area contributed by atoms with Gasteiger partial charge < -0.3 is 10.1 Å². The molecule has 4 heteroatoms. The van der Waals surface area contributed by atoms with Crippen molar-refractivity contribution in [3.63, 3.8) is 0 Å². The van der Waals surface area contributed by atoms with Crippen LogP contribution in [0.3, 0.4) is 0 Å². The number of pyridine rings is 1. The Balaban J connectivity index is 1.98. The average molecular weight is 206 g/mol. The molecule has 0 aromatic carbocycles. The minimum Gasteiger partial charge on any atom is -0.457 e. The van der Waals surface area contributed by atoms with Crippen LogP contribution in [0.25, 0.3) is 0 Å². The van der Waals surface area contributed by atoms with E-state index in [1.165, 1.54) is 0 Å². The maximum Gasteiger partial charge on any atom is 0.340 e. The summed E-state index contributed by atoms with van der Waals surface area (Å²) in [5.74, 6) is -0.281. The molecule has 0 radical (unpaired) electrons.